The Kier molecular flexibility index (Phi) is 5.37. The molecule has 0 spiro atoms. The zero-order chi connectivity index (χ0) is 15.3. The van der Waals surface area contributed by atoms with E-state index in [0.717, 1.165) is 6.07 Å². The summed E-state index contributed by atoms with van der Waals surface area (Å²) < 4.78 is 19.0. The summed E-state index contributed by atoms with van der Waals surface area (Å²) in [5.74, 6) is -0.708. The van der Waals surface area contributed by atoms with E-state index in [1.807, 2.05) is 13.8 Å². The van der Waals surface area contributed by atoms with Crippen molar-refractivity contribution in [1.29, 1.82) is 0 Å². The number of nitrogens with zero attached hydrogens (tertiary/aromatic N) is 1. The first kappa shape index (κ1) is 15.8. The summed E-state index contributed by atoms with van der Waals surface area (Å²) in [5, 5.41) is 10.6. The number of carbonyl (C=O) groups excluding carboxylic acids is 1. The third kappa shape index (κ3) is 4.15. The minimum atomic E-state index is -1.82. The largest absolute Gasteiger partial charge is 0.462 e. The normalized spacial score (nSPS) is 12.0. The zero-order valence-corrected chi connectivity index (χ0v) is 11.3. The molecule has 0 saturated heterocycles. The fourth-order valence-corrected chi connectivity index (χ4v) is 1.44. The second-order valence-electron chi connectivity index (χ2n) is 4.73. The van der Waals surface area contributed by atoms with E-state index in [9.17, 15) is 19.3 Å². The standard InChI is InChI=1S/C14H16FNO4/c1-9(2)8-20-14(17)10(3)13(15)11-5-4-6-12(7-11)16(18)19/h4-7,9,13H,3,8H2,1-2H3. The van der Waals surface area contributed by atoms with Crippen LogP contribution in [0.25, 0.3) is 0 Å². The zero-order valence-electron chi connectivity index (χ0n) is 11.3. The second-order valence-corrected chi connectivity index (χ2v) is 4.73. The molecule has 1 aromatic carbocycles. The number of carbonyl (C=O) groups is 1. The summed E-state index contributed by atoms with van der Waals surface area (Å²) in [6.45, 7) is 7.23. The lowest BCUT2D eigenvalue weighted by atomic mass is 10.0. The summed E-state index contributed by atoms with van der Waals surface area (Å²) in [4.78, 5) is 21.6. The maximum Gasteiger partial charge on any atom is 0.336 e. The van der Waals surface area contributed by atoms with Crippen LogP contribution in [0.2, 0.25) is 0 Å². The third-order valence-corrected chi connectivity index (χ3v) is 2.49. The van der Waals surface area contributed by atoms with Gasteiger partial charge in [0.05, 0.1) is 17.1 Å². The molecule has 0 aliphatic heterocycles. The van der Waals surface area contributed by atoms with Crippen LogP contribution in [0.5, 0.6) is 0 Å². The van der Waals surface area contributed by atoms with Crippen LogP contribution in [0.1, 0.15) is 25.6 Å². The van der Waals surface area contributed by atoms with Crippen molar-refractivity contribution in [3.8, 4) is 0 Å². The Morgan fingerprint density at radius 3 is 2.70 bits per heavy atom. The molecular weight excluding hydrogens is 265 g/mol. The minimum Gasteiger partial charge on any atom is -0.462 e. The van der Waals surface area contributed by atoms with Crippen molar-refractivity contribution < 1.29 is 18.8 Å². The average molecular weight is 281 g/mol. The van der Waals surface area contributed by atoms with E-state index in [1.165, 1.54) is 18.2 Å². The van der Waals surface area contributed by atoms with Gasteiger partial charge in [-0.1, -0.05) is 32.6 Å². The molecule has 1 aromatic rings. The van der Waals surface area contributed by atoms with E-state index in [-0.39, 0.29) is 29.3 Å². The summed E-state index contributed by atoms with van der Waals surface area (Å²) in [7, 11) is 0. The molecule has 0 fully saturated rings. The number of benzene rings is 1. The number of alkyl halides is 1. The van der Waals surface area contributed by atoms with E-state index in [4.69, 9.17) is 4.74 Å². The molecule has 1 unspecified atom stereocenters. The molecule has 0 saturated carbocycles. The molecule has 0 aliphatic carbocycles. The van der Waals surface area contributed by atoms with Gasteiger partial charge in [-0.25, -0.2) is 9.18 Å². The molecule has 0 amide bonds. The molecule has 0 heterocycles. The van der Waals surface area contributed by atoms with Crippen molar-refractivity contribution in [2.24, 2.45) is 5.92 Å². The molecule has 108 valence electrons. The fourth-order valence-electron chi connectivity index (χ4n) is 1.44. The van der Waals surface area contributed by atoms with Gasteiger partial charge in [0.2, 0.25) is 0 Å². The average Bonchev–Trinajstić information content (AvgIpc) is 2.43. The Morgan fingerprint density at radius 1 is 1.50 bits per heavy atom. The van der Waals surface area contributed by atoms with Crippen LogP contribution in [0.15, 0.2) is 36.4 Å². The van der Waals surface area contributed by atoms with Gasteiger partial charge in [-0.3, -0.25) is 10.1 Å². The van der Waals surface area contributed by atoms with Crippen LogP contribution < -0.4 is 0 Å². The highest BCUT2D eigenvalue weighted by atomic mass is 19.1. The van der Waals surface area contributed by atoms with E-state index < -0.39 is 17.1 Å². The highest BCUT2D eigenvalue weighted by molar-refractivity contribution is 5.89. The van der Waals surface area contributed by atoms with Crippen molar-refractivity contribution in [2.75, 3.05) is 6.61 Å². The van der Waals surface area contributed by atoms with E-state index in [0.29, 0.717) is 0 Å². The Morgan fingerprint density at radius 2 is 2.15 bits per heavy atom. The molecule has 1 rings (SSSR count). The van der Waals surface area contributed by atoms with Gasteiger partial charge in [0.15, 0.2) is 6.17 Å². The summed E-state index contributed by atoms with van der Waals surface area (Å²) in [6.07, 6.45) is -1.82. The predicted molar refractivity (Wildman–Crippen MR) is 71.9 cm³/mol. The Bertz CT molecular complexity index is 528. The van der Waals surface area contributed by atoms with Crippen molar-refractivity contribution >= 4 is 11.7 Å². The van der Waals surface area contributed by atoms with E-state index in [2.05, 4.69) is 6.58 Å². The molecule has 0 bridgehead atoms. The SMILES string of the molecule is C=C(C(=O)OCC(C)C)C(F)c1cccc([N+](=O)[O-])c1. The molecule has 0 N–H and O–H groups in total. The number of nitro benzene ring substituents is 1. The summed E-state index contributed by atoms with van der Waals surface area (Å²) in [6, 6.07) is 5.03. The topological polar surface area (TPSA) is 69.4 Å². The van der Waals surface area contributed by atoms with Crippen LogP contribution in [0.4, 0.5) is 10.1 Å². The van der Waals surface area contributed by atoms with Crippen LogP contribution in [0, 0.1) is 16.0 Å². The number of halogens is 1. The lowest BCUT2D eigenvalue weighted by Gasteiger charge is -2.12. The quantitative estimate of drug-likeness (QED) is 0.347. The van der Waals surface area contributed by atoms with Gasteiger partial charge >= 0.3 is 5.97 Å². The maximum absolute atomic E-state index is 14.1. The van der Waals surface area contributed by atoms with Crippen molar-refractivity contribution in [1.82, 2.24) is 0 Å². The van der Waals surface area contributed by atoms with Gasteiger partial charge in [-0.05, 0) is 11.5 Å². The summed E-state index contributed by atoms with van der Waals surface area (Å²) >= 11 is 0. The van der Waals surface area contributed by atoms with E-state index in [1.54, 1.807) is 0 Å². The monoisotopic (exact) mass is 281 g/mol. The van der Waals surface area contributed by atoms with Crippen molar-refractivity contribution in [3.63, 3.8) is 0 Å². The van der Waals surface area contributed by atoms with Gasteiger partial charge in [0.25, 0.3) is 5.69 Å². The van der Waals surface area contributed by atoms with Crippen LogP contribution in [-0.2, 0) is 9.53 Å². The second kappa shape index (κ2) is 6.79. The molecule has 0 aromatic heterocycles. The highest BCUT2D eigenvalue weighted by Gasteiger charge is 2.23. The number of rotatable bonds is 6. The highest BCUT2D eigenvalue weighted by Crippen LogP contribution is 2.28. The maximum atomic E-state index is 14.1. The Labute approximate surface area is 116 Å². The summed E-state index contributed by atoms with van der Waals surface area (Å²) in [5.41, 5.74) is -0.606. The van der Waals surface area contributed by atoms with Crippen LogP contribution >= 0.6 is 0 Å². The van der Waals surface area contributed by atoms with Crippen LogP contribution in [-0.4, -0.2) is 17.5 Å². The fraction of sp³-hybridized carbons (Fsp3) is 0.357. The molecule has 6 heteroatoms. The molecular formula is C14H16FNO4. The van der Waals surface area contributed by atoms with Crippen LogP contribution in [0.3, 0.4) is 0 Å². The number of ether oxygens (including phenoxy) is 1. The first-order valence-electron chi connectivity index (χ1n) is 6.07. The van der Waals surface area contributed by atoms with Gasteiger partial charge in [-0.2, -0.15) is 0 Å². The molecule has 0 radical (unpaired) electrons. The van der Waals surface area contributed by atoms with Crippen molar-refractivity contribution in [3.05, 3.63) is 52.1 Å². The smallest absolute Gasteiger partial charge is 0.336 e. The van der Waals surface area contributed by atoms with Gasteiger partial charge < -0.3 is 4.74 Å². The molecule has 1 atom stereocenters. The molecule has 0 aliphatic rings. The van der Waals surface area contributed by atoms with E-state index >= 15 is 0 Å². The van der Waals surface area contributed by atoms with Gasteiger partial charge in [0, 0.05) is 12.1 Å². The number of non-ortho nitro benzene ring substituents is 1. The lowest BCUT2D eigenvalue weighted by molar-refractivity contribution is -0.384. The van der Waals surface area contributed by atoms with Gasteiger partial charge in [0.1, 0.15) is 0 Å². The van der Waals surface area contributed by atoms with Gasteiger partial charge in [-0.15, -0.1) is 0 Å². The number of nitro groups is 1. The first-order valence-corrected chi connectivity index (χ1v) is 6.07. The number of hydrogen-bond donors (Lipinski definition) is 0. The Hall–Kier alpha value is -2.24. The number of hydrogen-bond acceptors (Lipinski definition) is 4. The number of esters is 1. The first-order chi connectivity index (χ1) is 9.32. The minimum absolute atomic E-state index is 0.00527. The lowest BCUT2D eigenvalue weighted by Crippen LogP contribution is -2.14. The van der Waals surface area contributed by atoms with Crippen molar-refractivity contribution in [2.45, 2.75) is 20.0 Å². The molecule has 5 nitrogen and oxygen atoms in total. The third-order valence-electron chi connectivity index (χ3n) is 2.49. The predicted octanol–water partition coefficient (Wildman–Crippen LogP) is 3.36. The molecule has 20 heavy (non-hydrogen) atoms. The Balaban J connectivity index is 2.81.